The van der Waals surface area contributed by atoms with Gasteiger partial charge in [-0.1, -0.05) is 13.8 Å². The molecule has 6 heteroatoms. The number of rotatable bonds is 2. The number of ether oxygens (including phenoxy) is 1. The lowest BCUT2D eigenvalue weighted by molar-refractivity contribution is -0.135. The van der Waals surface area contributed by atoms with Crippen LogP contribution < -0.4 is 0 Å². The van der Waals surface area contributed by atoms with Crippen molar-refractivity contribution in [3.05, 3.63) is 12.2 Å². The highest BCUT2D eigenvalue weighted by Gasteiger charge is 2.70. The van der Waals surface area contributed by atoms with Gasteiger partial charge in [0.25, 0.3) is 5.91 Å². The molecular formula is C15H21NO4S. The predicted octanol–water partition coefficient (Wildman–Crippen LogP) is 1.42. The summed E-state index contributed by atoms with van der Waals surface area (Å²) < 4.78 is 18.5. The maximum Gasteiger partial charge on any atom is 0.330 e. The minimum absolute atomic E-state index is 0.0166. The van der Waals surface area contributed by atoms with Crippen molar-refractivity contribution in [2.24, 2.45) is 16.7 Å². The average molecular weight is 311 g/mol. The second-order valence-corrected chi connectivity index (χ2v) is 8.18. The number of amides is 1. The van der Waals surface area contributed by atoms with E-state index in [-0.39, 0.29) is 22.8 Å². The fraction of sp³-hybridized carbons (Fsp3) is 0.733. The Kier molecular flexibility index (Phi) is 3.28. The van der Waals surface area contributed by atoms with Crippen molar-refractivity contribution in [2.75, 3.05) is 12.9 Å². The number of hydrogen-bond donors (Lipinski definition) is 0. The second kappa shape index (κ2) is 4.66. The van der Waals surface area contributed by atoms with Gasteiger partial charge in [0.05, 0.1) is 18.9 Å². The number of carbonyl (C=O) groups excluding carboxylic acids is 2. The molecule has 2 saturated carbocycles. The lowest BCUT2D eigenvalue weighted by Gasteiger charge is -2.37. The van der Waals surface area contributed by atoms with Gasteiger partial charge in [-0.3, -0.25) is 9.10 Å². The molecule has 4 atom stereocenters. The van der Waals surface area contributed by atoms with E-state index in [0.717, 1.165) is 18.9 Å². The van der Waals surface area contributed by atoms with Crippen molar-refractivity contribution in [3.8, 4) is 0 Å². The first-order valence-corrected chi connectivity index (χ1v) is 8.59. The van der Waals surface area contributed by atoms with E-state index in [4.69, 9.17) is 0 Å². The Morgan fingerprint density at radius 3 is 2.67 bits per heavy atom. The largest absolute Gasteiger partial charge is 0.466 e. The van der Waals surface area contributed by atoms with E-state index in [9.17, 15) is 13.8 Å². The quantitative estimate of drug-likeness (QED) is 0.571. The highest BCUT2D eigenvalue weighted by atomic mass is 32.2. The molecule has 116 valence electrons. The average Bonchev–Trinajstić information content (AvgIpc) is 2.95. The Balaban J connectivity index is 1.86. The Bertz CT molecular complexity index is 556. The van der Waals surface area contributed by atoms with Crippen LogP contribution in [0.3, 0.4) is 0 Å². The Labute approximate surface area is 127 Å². The van der Waals surface area contributed by atoms with E-state index < -0.39 is 17.0 Å². The van der Waals surface area contributed by atoms with Crippen LogP contribution in [-0.2, 0) is 25.3 Å². The second-order valence-electron chi connectivity index (χ2n) is 6.85. The van der Waals surface area contributed by atoms with Crippen molar-refractivity contribution in [1.82, 2.24) is 4.31 Å². The van der Waals surface area contributed by atoms with Crippen molar-refractivity contribution in [3.63, 3.8) is 0 Å². The van der Waals surface area contributed by atoms with E-state index in [1.165, 1.54) is 23.9 Å². The van der Waals surface area contributed by atoms with E-state index >= 15 is 0 Å². The summed E-state index contributed by atoms with van der Waals surface area (Å²) in [5, 5.41) is 0. The molecule has 3 rings (SSSR count). The molecule has 0 aromatic heterocycles. The molecule has 2 bridgehead atoms. The first kappa shape index (κ1) is 14.8. The zero-order valence-electron chi connectivity index (χ0n) is 12.6. The molecule has 21 heavy (non-hydrogen) atoms. The minimum Gasteiger partial charge on any atom is -0.466 e. The third-order valence-electron chi connectivity index (χ3n) is 6.05. The number of nitrogens with zero attached hydrogens (tertiary/aromatic N) is 1. The zero-order valence-corrected chi connectivity index (χ0v) is 13.4. The molecule has 1 saturated heterocycles. The van der Waals surface area contributed by atoms with Crippen molar-refractivity contribution in [2.45, 2.75) is 39.2 Å². The molecule has 3 aliphatic rings. The summed E-state index contributed by atoms with van der Waals surface area (Å²) in [6.45, 7) is 4.50. The van der Waals surface area contributed by atoms with Gasteiger partial charge in [0.2, 0.25) is 0 Å². The van der Waals surface area contributed by atoms with Gasteiger partial charge in [0.1, 0.15) is 11.0 Å². The van der Waals surface area contributed by atoms with Gasteiger partial charge in [0.15, 0.2) is 0 Å². The smallest absolute Gasteiger partial charge is 0.330 e. The van der Waals surface area contributed by atoms with Gasteiger partial charge >= 0.3 is 5.97 Å². The van der Waals surface area contributed by atoms with E-state index in [1.807, 2.05) is 0 Å². The molecule has 1 unspecified atom stereocenters. The van der Waals surface area contributed by atoms with Crippen LogP contribution in [0.25, 0.3) is 0 Å². The SMILES string of the molecule is COC(=O)/C=C/C(=O)N1[C@@H]2C[C@H]3CC[C@]2(CS1=O)C3(C)C. The first-order valence-electron chi connectivity index (χ1n) is 7.31. The van der Waals surface area contributed by atoms with Crippen LogP contribution in [0.15, 0.2) is 12.2 Å². The van der Waals surface area contributed by atoms with Crippen molar-refractivity contribution in [1.29, 1.82) is 0 Å². The molecule has 1 spiro atoms. The fourth-order valence-corrected chi connectivity index (χ4v) is 6.79. The molecule has 1 aliphatic heterocycles. The third kappa shape index (κ3) is 1.84. The van der Waals surface area contributed by atoms with E-state index in [2.05, 4.69) is 18.6 Å². The minimum atomic E-state index is -1.29. The normalized spacial score (nSPS) is 39.8. The summed E-state index contributed by atoms with van der Waals surface area (Å²) in [6, 6.07) is 0.0434. The molecule has 5 nitrogen and oxygen atoms in total. The maximum atomic E-state index is 12.5. The first-order chi connectivity index (χ1) is 9.83. The summed E-state index contributed by atoms with van der Waals surface area (Å²) in [6.07, 6.45) is 5.42. The van der Waals surface area contributed by atoms with E-state index in [0.29, 0.717) is 11.7 Å². The monoisotopic (exact) mass is 311 g/mol. The van der Waals surface area contributed by atoms with Crippen LogP contribution >= 0.6 is 0 Å². The molecule has 3 fully saturated rings. The van der Waals surface area contributed by atoms with Gasteiger partial charge in [0, 0.05) is 17.6 Å². The number of esters is 1. The molecule has 0 aromatic carbocycles. The number of hydrogen-bond acceptors (Lipinski definition) is 4. The molecule has 0 radical (unpaired) electrons. The zero-order chi connectivity index (χ0) is 15.4. The summed E-state index contributed by atoms with van der Waals surface area (Å²) in [7, 11) is -0.0324. The summed E-state index contributed by atoms with van der Waals surface area (Å²) in [5.41, 5.74) is 0.117. The Morgan fingerprint density at radius 1 is 1.33 bits per heavy atom. The number of carbonyl (C=O) groups is 2. The van der Waals surface area contributed by atoms with Crippen LogP contribution in [0.5, 0.6) is 0 Å². The van der Waals surface area contributed by atoms with Crippen LogP contribution in [-0.4, -0.2) is 39.3 Å². The number of methoxy groups -OCH3 is 1. The highest BCUT2D eigenvalue weighted by molar-refractivity contribution is 7.83. The third-order valence-corrected chi connectivity index (χ3v) is 7.69. The van der Waals surface area contributed by atoms with Crippen LogP contribution in [0.1, 0.15) is 33.1 Å². The summed E-state index contributed by atoms with van der Waals surface area (Å²) >= 11 is 0. The summed E-state index contributed by atoms with van der Waals surface area (Å²) in [4.78, 5) is 23.5. The summed E-state index contributed by atoms with van der Waals surface area (Å²) in [5.74, 6) is 0.249. The molecule has 2 aliphatic carbocycles. The van der Waals surface area contributed by atoms with Gasteiger partial charge in [-0.25, -0.2) is 9.00 Å². The van der Waals surface area contributed by atoms with Crippen LogP contribution in [0.4, 0.5) is 0 Å². The van der Waals surface area contributed by atoms with Crippen LogP contribution in [0.2, 0.25) is 0 Å². The van der Waals surface area contributed by atoms with Crippen molar-refractivity contribution < 1.29 is 18.5 Å². The molecule has 1 amide bonds. The maximum absolute atomic E-state index is 12.5. The predicted molar refractivity (Wildman–Crippen MR) is 78.4 cm³/mol. The van der Waals surface area contributed by atoms with Gasteiger partial charge in [-0.15, -0.1) is 0 Å². The lowest BCUT2D eigenvalue weighted by Crippen LogP contribution is -2.43. The van der Waals surface area contributed by atoms with E-state index in [1.54, 1.807) is 0 Å². The van der Waals surface area contributed by atoms with Gasteiger partial charge < -0.3 is 4.74 Å². The highest BCUT2D eigenvalue weighted by Crippen LogP contribution is 2.69. The molecule has 0 aromatic rings. The topological polar surface area (TPSA) is 63.7 Å². The number of fused-ring (bicyclic) bond motifs is 1. The molecular weight excluding hydrogens is 290 g/mol. The van der Waals surface area contributed by atoms with Crippen LogP contribution in [0, 0.1) is 16.7 Å². The van der Waals surface area contributed by atoms with Gasteiger partial charge in [-0.05, 0) is 30.6 Å². The van der Waals surface area contributed by atoms with Crippen molar-refractivity contribution >= 4 is 22.9 Å². The Morgan fingerprint density at radius 2 is 2.05 bits per heavy atom. The Hall–Kier alpha value is -1.17. The molecule has 1 heterocycles. The standard InChI is InChI=1S/C15H21NO4S/c1-14(2)10-6-7-15(14)9-21(19)16(11(15)8-10)12(17)4-5-13(18)20-3/h4-5,10-11H,6-9H2,1-3H3/b5-4+/t10-,11-,15-,21?/m1/s1. The fourth-order valence-electron chi connectivity index (χ4n) is 4.67. The van der Waals surface area contributed by atoms with Gasteiger partial charge in [-0.2, -0.15) is 0 Å². The molecule has 0 N–H and O–H groups in total. The lowest BCUT2D eigenvalue weighted by atomic mass is 9.69.